The fourth-order valence-electron chi connectivity index (χ4n) is 4.01. The number of ether oxygens (including phenoxy) is 3. The molecule has 0 aliphatic heterocycles. The minimum absolute atomic E-state index is 0.0185. The second-order valence-corrected chi connectivity index (χ2v) is 10.2. The highest BCUT2D eigenvalue weighted by Crippen LogP contribution is 2.36. The van der Waals surface area contributed by atoms with Gasteiger partial charge in [0.1, 0.15) is 36.9 Å². The molecular weight excluding hydrogens is 581 g/mol. The minimum Gasteiger partial charge on any atom is -0.491 e. The Labute approximate surface area is 253 Å². The Kier molecular flexibility index (Phi) is 11.1. The van der Waals surface area contributed by atoms with E-state index in [0.717, 1.165) is 12.8 Å². The molecule has 4 rings (SSSR count). The fraction of sp³-hybridized carbons (Fsp3) is 0.367. The van der Waals surface area contributed by atoms with Crippen LogP contribution in [0.5, 0.6) is 5.75 Å². The monoisotopic (exact) mass is 613 g/mol. The third-order valence-electron chi connectivity index (χ3n) is 6.36. The van der Waals surface area contributed by atoms with Crippen molar-refractivity contribution in [2.24, 2.45) is 5.92 Å². The lowest BCUT2D eigenvalue weighted by atomic mass is 10.1. The molecule has 0 spiro atoms. The van der Waals surface area contributed by atoms with Gasteiger partial charge in [-0.1, -0.05) is 17.7 Å². The average molecular weight is 614 g/mol. The molecule has 11 nitrogen and oxygen atoms in total. The number of amides is 1. The number of esters is 2. The molecule has 43 heavy (non-hydrogen) atoms. The van der Waals surface area contributed by atoms with Crippen molar-refractivity contribution in [3.8, 4) is 5.75 Å². The summed E-state index contributed by atoms with van der Waals surface area (Å²) in [6, 6.07) is 7.95. The number of nitrogens with one attached hydrogen (secondary N) is 2. The van der Waals surface area contributed by atoms with Crippen molar-refractivity contribution >= 4 is 57.5 Å². The van der Waals surface area contributed by atoms with Crippen LogP contribution in [0.4, 0.5) is 21.6 Å². The lowest BCUT2D eigenvalue weighted by Gasteiger charge is -2.20. The second-order valence-electron chi connectivity index (χ2n) is 9.78. The predicted molar refractivity (Wildman–Crippen MR) is 160 cm³/mol. The van der Waals surface area contributed by atoms with Crippen molar-refractivity contribution in [1.82, 2.24) is 14.9 Å². The SMILES string of the molecule is CCOC(=O)CN(CCOC(C)=O)C(=O)C=CCNc1cc2c(Nc3ccc(F)c(Cl)c3)ncnc2cc1OCC1CC1. The van der Waals surface area contributed by atoms with Gasteiger partial charge in [-0.2, -0.15) is 0 Å². The molecule has 0 unspecified atom stereocenters. The molecule has 2 aromatic carbocycles. The topological polar surface area (TPSA) is 132 Å². The summed E-state index contributed by atoms with van der Waals surface area (Å²) in [5.41, 5.74) is 1.84. The summed E-state index contributed by atoms with van der Waals surface area (Å²) in [7, 11) is 0. The highest BCUT2D eigenvalue weighted by atomic mass is 35.5. The van der Waals surface area contributed by atoms with Gasteiger partial charge in [-0.05, 0) is 49.9 Å². The minimum atomic E-state index is -0.562. The highest BCUT2D eigenvalue weighted by Gasteiger charge is 2.23. The molecule has 2 N–H and O–H groups in total. The molecule has 0 radical (unpaired) electrons. The summed E-state index contributed by atoms with van der Waals surface area (Å²) in [4.78, 5) is 45.9. The lowest BCUT2D eigenvalue weighted by Crippen LogP contribution is -2.38. The first-order valence-corrected chi connectivity index (χ1v) is 14.2. The number of aromatic nitrogens is 2. The fourth-order valence-corrected chi connectivity index (χ4v) is 4.19. The van der Waals surface area contributed by atoms with E-state index in [1.54, 1.807) is 19.1 Å². The van der Waals surface area contributed by atoms with Gasteiger partial charge in [0.25, 0.3) is 0 Å². The van der Waals surface area contributed by atoms with Gasteiger partial charge >= 0.3 is 11.9 Å². The first-order valence-electron chi connectivity index (χ1n) is 13.9. The van der Waals surface area contributed by atoms with Crippen LogP contribution in [0.25, 0.3) is 10.9 Å². The van der Waals surface area contributed by atoms with Crippen LogP contribution < -0.4 is 15.4 Å². The van der Waals surface area contributed by atoms with Gasteiger partial charge in [-0.3, -0.25) is 14.4 Å². The Morgan fingerprint density at radius 3 is 2.70 bits per heavy atom. The van der Waals surface area contributed by atoms with Crippen molar-refractivity contribution in [1.29, 1.82) is 0 Å². The summed E-state index contributed by atoms with van der Waals surface area (Å²) < 4.78 is 29.6. The summed E-state index contributed by atoms with van der Waals surface area (Å²) >= 11 is 5.95. The molecule has 0 saturated heterocycles. The summed E-state index contributed by atoms with van der Waals surface area (Å²) in [6.07, 6.45) is 6.61. The third-order valence-corrected chi connectivity index (χ3v) is 6.65. The Morgan fingerprint density at radius 1 is 1.16 bits per heavy atom. The summed E-state index contributed by atoms with van der Waals surface area (Å²) in [5.74, 6) is -0.412. The summed E-state index contributed by atoms with van der Waals surface area (Å²) in [6.45, 7) is 3.66. The van der Waals surface area contributed by atoms with Crippen molar-refractivity contribution in [3.05, 3.63) is 59.7 Å². The van der Waals surface area contributed by atoms with Crippen LogP contribution in [0.3, 0.4) is 0 Å². The van der Waals surface area contributed by atoms with Crippen molar-refractivity contribution in [2.75, 3.05) is 50.1 Å². The van der Waals surface area contributed by atoms with Gasteiger partial charge in [0.05, 0.1) is 36.0 Å². The smallest absolute Gasteiger partial charge is 0.325 e. The van der Waals surface area contributed by atoms with Gasteiger partial charge in [-0.15, -0.1) is 0 Å². The largest absolute Gasteiger partial charge is 0.491 e. The number of hydrogen-bond donors (Lipinski definition) is 2. The molecule has 1 aliphatic carbocycles. The lowest BCUT2D eigenvalue weighted by molar-refractivity contribution is -0.149. The Balaban J connectivity index is 1.50. The van der Waals surface area contributed by atoms with E-state index in [4.69, 9.17) is 25.8 Å². The molecule has 1 aliphatic rings. The van der Waals surface area contributed by atoms with Crippen molar-refractivity contribution < 1.29 is 33.0 Å². The van der Waals surface area contributed by atoms with Crippen LogP contribution in [0.1, 0.15) is 26.7 Å². The Morgan fingerprint density at radius 2 is 1.98 bits per heavy atom. The quantitative estimate of drug-likeness (QED) is 0.181. The highest BCUT2D eigenvalue weighted by molar-refractivity contribution is 6.31. The van der Waals surface area contributed by atoms with Crippen LogP contribution >= 0.6 is 11.6 Å². The van der Waals surface area contributed by atoms with Gasteiger partial charge in [0.2, 0.25) is 5.91 Å². The van der Waals surface area contributed by atoms with Crippen LogP contribution in [-0.4, -0.2) is 72.2 Å². The van der Waals surface area contributed by atoms with E-state index in [9.17, 15) is 18.8 Å². The van der Waals surface area contributed by atoms with Crippen molar-refractivity contribution in [3.63, 3.8) is 0 Å². The zero-order valence-electron chi connectivity index (χ0n) is 23.9. The predicted octanol–water partition coefficient (Wildman–Crippen LogP) is 4.88. The van der Waals surface area contributed by atoms with E-state index in [-0.39, 0.29) is 37.9 Å². The molecule has 1 fully saturated rings. The number of carbonyl (C=O) groups excluding carboxylic acids is 3. The molecule has 1 heterocycles. The number of benzene rings is 2. The molecular formula is C30H33ClFN5O6. The first kappa shape index (κ1) is 31.5. The molecule has 1 amide bonds. The number of fused-ring (bicyclic) bond motifs is 1. The van der Waals surface area contributed by atoms with Gasteiger partial charge < -0.3 is 29.7 Å². The van der Waals surface area contributed by atoms with E-state index in [2.05, 4.69) is 20.6 Å². The maximum atomic E-state index is 13.7. The van der Waals surface area contributed by atoms with Crippen LogP contribution in [0.2, 0.25) is 5.02 Å². The number of rotatable bonds is 15. The zero-order chi connectivity index (χ0) is 30.8. The molecule has 13 heteroatoms. The number of nitrogens with zero attached hydrogens (tertiary/aromatic N) is 3. The third kappa shape index (κ3) is 9.53. The van der Waals surface area contributed by atoms with Crippen LogP contribution in [0.15, 0.2) is 48.8 Å². The zero-order valence-corrected chi connectivity index (χ0v) is 24.7. The number of halogens is 2. The average Bonchev–Trinajstić information content (AvgIpc) is 3.80. The van der Waals surface area contributed by atoms with Gasteiger partial charge in [-0.25, -0.2) is 14.4 Å². The van der Waals surface area contributed by atoms with Crippen LogP contribution in [0, 0.1) is 11.7 Å². The van der Waals surface area contributed by atoms with E-state index >= 15 is 0 Å². The maximum absolute atomic E-state index is 13.7. The molecule has 1 saturated carbocycles. The van der Waals surface area contributed by atoms with E-state index < -0.39 is 23.7 Å². The van der Waals surface area contributed by atoms with Crippen molar-refractivity contribution in [2.45, 2.75) is 26.7 Å². The molecule has 1 aromatic heterocycles. The number of anilines is 3. The molecule has 228 valence electrons. The number of hydrogen-bond acceptors (Lipinski definition) is 10. The standard InChI is InChI=1S/C30H33ClFN5O6/c1-3-41-29(40)16-37(11-12-42-19(2)38)28(39)5-4-10-33-26-14-22-25(15-27(26)43-17-20-6-7-20)34-18-35-30(22)36-21-8-9-24(32)23(31)13-21/h4-5,8-9,13-15,18,20,33H,3,6-7,10-12,16-17H2,1-2H3,(H,34,35,36). The van der Waals surface area contributed by atoms with E-state index in [1.807, 2.05) is 12.1 Å². The number of carbonyl (C=O) groups is 3. The molecule has 0 atom stereocenters. The molecule has 3 aromatic rings. The maximum Gasteiger partial charge on any atom is 0.325 e. The van der Waals surface area contributed by atoms with E-state index in [0.29, 0.717) is 46.4 Å². The summed E-state index contributed by atoms with van der Waals surface area (Å²) in [5, 5.41) is 7.09. The van der Waals surface area contributed by atoms with Gasteiger partial charge in [0.15, 0.2) is 0 Å². The van der Waals surface area contributed by atoms with Gasteiger partial charge in [0, 0.05) is 36.7 Å². The van der Waals surface area contributed by atoms with Crippen LogP contribution in [-0.2, 0) is 23.9 Å². The van der Waals surface area contributed by atoms with E-state index in [1.165, 1.54) is 36.4 Å². The first-order chi connectivity index (χ1) is 20.7. The second kappa shape index (κ2) is 15.1. The normalized spacial score (nSPS) is 12.7. The Hall–Kier alpha value is -4.45. The Bertz CT molecular complexity index is 1500. The molecule has 0 bridgehead atoms.